The molecule has 1 aromatic rings. The van der Waals surface area contributed by atoms with Crippen LogP contribution in [0.15, 0.2) is 24.4 Å². The molecule has 0 bridgehead atoms. The fourth-order valence-corrected chi connectivity index (χ4v) is 0.571. The minimum absolute atomic E-state index is 0. The molecule has 0 atom stereocenters. The molecule has 3 heteroatoms. The fourth-order valence-electron chi connectivity index (χ4n) is 0.571. The van der Waals surface area contributed by atoms with Gasteiger partial charge in [0.25, 0.3) is 0 Å². The van der Waals surface area contributed by atoms with E-state index in [1.54, 1.807) is 24.4 Å². The van der Waals surface area contributed by atoms with E-state index >= 15 is 0 Å². The van der Waals surface area contributed by atoms with Crippen LogP contribution in [-0.4, -0.2) is 19.2 Å². The topological polar surface area (TPSA) is 30.0 Å². The molecular formula is C7H10BNO. The molecule has 0 saturated heterocycles. The second-order valence-electron chi connectivity index (χ2n) is 1.77. The Kier molecular flexibility index (Phi) is 3.40. The lowest BCUT2D eigenvalue weighted by molar-refractivity contribution is 0.101. The lowest BCUT2D eigenvalue weighted by atomic mass is 10.3. The Hall–Kier alpha value is -1.12. The first-order chi connectivity index (χ1) is 4.30. The Morgan fingerprint density at radius 1 is 1.50 bits per heavy atom. The van der Waals surface area contributed by atoms with Gasteiger partial charge in [0.1, 0.15) is 5.69 Å². The summed E-state index contributed by atoms with van der Waals surface area (Å²) in [7, 11) is 0. The molecule has 0 aliphatic carbocycles. The van der Waals surface area contributed by atoms with Crippen LogP contribution in [0, 0.1) is 0 Å². The Bertz CT molecular complexity index is 210. The van der Waals surface area contributed by atoms with Crippen LogP contribution in [0.3, 0.4) is 0 Å². The molecule has 0 saturated carbocycles. The second kappa shape index (κ2) is 3.83. The van der Waals surface area contributed by atoms with Gasteiger partial charge in [-0.2, -0.15) is 0 Å². The summed E-state index contributed by atoms with van der Waals surface area (Å²) in [6.07, 6.45) is 1.61. The van der Waals surface area contributed by atoms with Crippen molar-refractivity contribution in [3.05, 3.63) is 30.1 Å². The Morgan fingerprint density at radius 3 is 2.50 bits per heavy atom. The first-order valence-electron chi connectivity index (χ1n) is 2.72. The van der Waals surface area contributed by atoms with E-state index in [1.165, 1.54) is 6.92 Å². The zero-order chi connectivity index (χ0) is 6.69. The lowest BCUT2D eigenvalue weighted by Gasteiger charge is -1.88. The van der Waals surface area contributed by atoms with E-state index in [9.17, 15) is 4.79 Å². The zero-order valence-corrected chi connectivity index (χ0v) is 5.16. The molecule has 0 aliphatic rings. The number of carbonyl (C=O) groups excluding carboxylic acids is 1. The minimum atomic E-state index is 0. The van der Waals surface area contributed by atoms with Crippen LogP contribution in [0.25, 0.3) is 0 Å². The van der Waals surface area contributed by atoms with Crippen molar-refractivity contribution < 1.29 is 4.79 Å². The number of hydrogen-bond donors (Lipinski definition) is 0. The van der Waals surface area contributed by atoms with Crippen molar-refractivity contribution in [2.45, 2.75) is 6.92 Å². The first kappa shape index (κ1) is 8.88. The summed E-state index contributed by atoms with van der Waals surface area (Å²) in [5.41, 5.74) is 0.525. The highest BCUT2D eigenvalue weighted by Crippen LogP contribution is 1.92. The molecule has 0 spiro atoms. The van der Waals surface area contributed by atoms with E-state index in [2.05, 4.69) is 4.98 Å². The molecule has 10 heavy (non-hydrogen) atoms. The summed E-state index contributed by atoms with van der Waals surface area (Å²) in [5.74, 6) is 0.00981. The number of ketones is 1. The van der Waals surface area contributed by atoms with E-state index in [-0.39, 0.29) is 14.2 Å². The summed E-state index contributed by atoms with van der Waals surface area (Å²) in [4.78, 5) is 14.4. The van der Waals surface area contributed by atoms with E-state index in [0.29, 0.717) is 5.69 Å². The van der Waals surface area contributed by atoms with Crippen LogP contribution in [0.1, 0.15) is 17.4 Å². The van der Waals surface area contributed by atoms with Crippen LogP contribution in [0.2, 0.25) is 0 Å². The summed E-state index contributed by atoms with van der Waals surface area (Å²) in [6.45, 7) is 1.50. The molecule has 0 amide bonds. The molecule has 2 nitrogen and oxygen atoms in total. The van der Waals surface area contributed by atoms with E-state index in [4.69, 9.17) is 0 Å². The van der Waals surface area contributed by atoms with Crippen molar-refractivity contribution >= 4 is 14.2 Å². The first-order valence-corrected chi connectivity index (χ1v) is 2.72. The van der Waals surface area contributed by atoms with Crippen LogP contribution < -0.4 is 0 Å². The van der Waals surface area contributed by atoms with Gasteiger partial charge in [-0.15, -0.1) is 0 Å². The second-order valence-corrected chi connectivity index (χ2v) is 1.77. The minimum Gasteiger partial charge on any atom is -0.293 e. The summed E-state index contributed by atoms with van der Waals surface area (Å²) >= 11 is 0. The standard InChI is InChI=1S/C7H7NO.BH3/c1-6(9)7-4-2-3-5-8-7;/h2-5H,1H3;1H3. The van der Waals surface area contributed by atoms with Gasteiger partial charge in [0, 0.05) is 13.1 Å². The Labute approximate surface area is 61.9 Å². The molecular weight excluding hydrogens is 125 g/mol. The Morgan fingerprint density at radius 2 is 2.20 bits per heavy atom. The van der Waals surface area contributed by atoms with Crippen molar-refractivity contribution in [2.24, 2.45) is 0 Å². The number of carbonyl (C=O) groups is 1. The molecule has 1 rings (SSSR count). The predicted molar refractivity (Wildman–Crippen MR) is 44.2 cm³/mol. The molecule has 1 heterocycles. The van der Waals surface area contributed by atoms with Crippen molar-refractivity contribution in [2.75, 3.05) is 0 Å². The van der Waals surface area contributed by atoms with Gasteiger partial charge in [-0.25, -0.2) is 0 Å². The van der Waals surface area contributed by atoms with Gasteiger partial charge in [0.2, 0.25) is 0 Å². The van der Waals surface area contributed by atoms with Gasteiger partial charge >= 0.3 is 0 Å². The molecule has 0 N–H and O–H groups in total. The third kappa shape index (κ3) is 2.01. The molecule has 0 aliphatic heterocycles. The third-order valence-electron chi connectivity index (χ3n) is 1.03. The molecule has 1 aromatic heterocycles. The van der Waals surface area contributed by atoms with Gasteiger partial charge in [-0.3, -0.25) is 9.78 Å². The van der Waals surface area contributed by atoms with E-state index < -0.39 is 0 Å². The molecule has 0 radical (unpaired) electrons. The number of pyridine rings is 1. The smallest absolute Gasteiger partial charge is 0.178 e. The van der Waals surface area contributed by atoms with Gasteiger partial charge in [0.05, 0.1) is 8.41 Å². The van der Waals surface area contributed by atoms with Gasteiger partial charge in [0.15, 0.2) is 5.78 Å². The summed E-state index contributed by atoms with van der Waals surface area (Å²) in [5, 5.41) is 0. The number of nitrogens with zero attached hydrogens (tertiary/aromatic N) is 1. The van der Waals surface area contributed by atoms with Crippen molar-refractivity contribution in [3.8, 4) is 0 Å². The summed E-state index contributed by atoms with van der Waals surface area (Å²) in [6, 6.07) is 5.28. The van der Waals surface area contributed by atoms with Crippen molar-refractivity contribution in [1.82, 2.24) is 4.98 Å². The van der Waals surface area contributed by atoms with E-state index in [0.717, 1.165) is 0 Å². The normalized spacial score (nSPS) is 8.10. The maximum Gasteiger partial charge on any atom is 0.178 e. The van der Waals surface area contributed by atoms with Crippen LogP contribution in [-0.2, 0) is 0 Å². The van der Waals surface area contributed by atoms with Crippen molar-refractivity contribution in [3.63, 3.8) is 0 Å². The van der Waals surface area contributed by atoms with Crippen LogP contribution in [0.4, 0.5) is 0 Å². The molecule has 0 unspecified atom stereocenters. The van der Waals surface area contributed by atoms with Gasteiger partial charge in [-0.05, 0) is 12.1 Å². The van der Waals surface area contributed by atoms with Crippen LogP contribution >= 0.6 is 0 Å². The van der Waals surface area contributed by atoms with Crippen LogP contribution in [0.5, 0.6) is 0 Å². The van der Waals surface area contributed by atoms with Gasteiger partial charge in [-0.1, -0.05) is 6.07 Å². The monoisotopic (exact) mass is 135 g/mol. The number of hydrogen-bond acceptors (Lipinski definition) is 2. The molecule has 0 aromatic carbocycles. The average Bonchev–Trinajstić information content (AvgIpc) is 1.90. The quantitative estimate of drug-likeness (QED) is 0.403. The summed E-state index contributed by atoms with van der Waals surface area (Å²) < 4.78 is 0. The average molecular weight is 135 g/mol. The highest BCUT2D eigenvalue weighted by Gasteiger charge is 1.94. The number of Topliss-reactive ketones (excluding diaryl/α,β-unsaturated/α-hetero) is 1. The maximum absolute atomic E-state index is 10.6. The lowest BCUT2D eigenvalue weighted by Crippen LogP contribution is -1.93. The number of rotatable bonds is 1. The van der Waals surface area contributed by atoms with Crippen molar-refractivity contribution in [1.29, 1.82) is 0 Å². The predicted octanol–water partition coefficient (Wildman–Crippen LogP) is 0.100. The van der Waals surface area contributed by atoms with Gasteiger partial charge < -0.3 is 0 Å². The highest BCUT2D eigenvalue weighted by atomic mass is 16.1. The molecule has 52 valence electrons. The SMILES string of the molecule is B.CC(=O)c1ccccn1. The largest absolute Gasteiger partial charge is 0.293 e. The fraction of sp³-hybridized carbons (Fsp3) is 0.143. The maximum atomic E-state index is 10.6. The van der Waals surface area contributed by atoms with E-state index in [1.807, 2.05) is 0 Å². The highest BCUT2D eigenvalue weighted by molar-refractivity contribution is 5.91. The molecule has 0 fully saturated rings. The third-order valence-corrected chi connectivity index (χ3v) is 1.03. The Balaban J connectivity index is 0.000000810. The number of aromatic nitrogens is 1. The zero-order valence-electron chi connectivity index (χ0n) is 5.16.